The lowest BCUT2D eigenvalue weighted by Crippen LogP contribution is -2.36. The Labute approximate surface area is 165 Å². The molecule has 0 spiro atoms. The number of hydrogen-bond acceptors (Lipinski definition) is 6. The highest BCUT2D eigenvalue weighted by atomic mass is 32.2. The number of hydrogen-bond donors (Lipinski definition) is 0. The number of halogens is 1. The highest BCUT2D eigenvalue weighted by molar-refractivity contribution is 7.99. The van der Waals surface area contributed by atoms with Gasteiger partial charge >= 0.3 is 0 Å². The minimum Gasteiger partial charge on any atom is -0.447 e. The first-order chi connectivity index (χ1) is 13.6. The molecule has 1 amide bonds. The molecular formula is C20H17FN4O2S. The van der Waals surface area contributed by atoms with Gasteiger partial charge in [-0.25, -0.2) is 4.39 Å². The average Bonchev–Trinajstić information content (AvgIpc) is 2.83. The van der Waals surface area contributed by atoms with E-state index in [0.717, 1.165) is 5.75 Å². The van der Waals surface area contributed by atoms with Gasteiger partial charge in [-0.1, -0.05) is 49.0 Å². The van der Waals surface area contributed by atoms with Gasteiger partial charge in [0.15, 0.2) is 5.69 Å². The first kappa shape index (κ1) is 18.4. The molecule has 2 heterocycles. The van der Waals surface area contributed by atoms with Gasteiger partial charge < -0.3 is 4.74 Å². The van der Waals surface area contributed by atoms with E-state index in [-0.39, 0.29) is 17.6 Å². The summed E-state index contributed by atoms with van der Waals surface area (Å²) < 4.78 is 19.6. The van der Waals surface area contributed by atoms with E-state index in [1.165, 1.54) is 35.7 Å². The van der Waals surface area contributed by atoms with Crippen LogP contribution in [0, 0.1) is 5.82 Å². The van der Waals surface area contributed by atoms with Crippen LogP contribution in [0.15, 0.2) is 53.7 Å². The molecule has 28 heavy (non-hydrogen) atoms. The fourth-order valence-electron chi connectivity index (χ4n) is 3.09. The number of ether oxygens (including phenoxy) is 1. The maximum atomic E-state index is 13.5. The van der Waals surface area contributed by atoms with E-state index < -0.39 is 6.23 Å². The molecule has 4 rings (SSSR count). The van der Waals surface area contributed by atoms with Gasteiger partial charge in [0.05, 0.1) is 5.69 Å². The molecule has 8 heteroatoms. The second-order valence-corrected chi connectivity index (χ2v) is 7.34. The molecule has 0 saturated carbocycles. The number of anilines is 1. The van der Waals surface area contributed by atoms with Gasteiger partial charge in [0, 0.05) is 18.1 Å². The predicted molar refractivity (Wildman–Crippen MR) is 105 cm³/mol. The fourth-order valence-corrected chi connectivity index (χ4v) is 3.59. The molecule has 1 aromatic heterocycles. The van der Waals surface area contributed by atoms with Crippen molar-refractivity contribution in [2.24, 2.45) is 0 Å². The highest BCUT2D eigenvalue weighted by Gasteiger charge is 2.34. The lowest BCUT2D eigenvalue weighted by molar-refractivity contribution is -0.118. The van der Waals surface area contributed by atoms with Crippen molar-refractivity contribution in [2.45, 2.75) is 25.2 Å². The largest absolute Gasteiger partial charge is 0.447 e. The number of thioether (sulfide) groups is 1. The predicted octanol–water partition coefficient (Wildman–Crippen LogP) is 4.23. The summed E-state index contributed by atoms with van der Waals surface area (Å²) in [5, 5.41) is 8.98. The first-order valence-corrected chi connectivity index (χ1v) is 9.76. The number of rotatable bonds is 3. The van der Waals surface area contributed by atoms with E-state index in [1.807, 2.05) is 31.2 Å². The Hall–Kier alpha value is -3.00. The average molecular weight is 396 g/mol. The van der Waals surface area contributed by atoms with Crippen LogP contribution in [0.3, 0.4) is 0 Å². The molecule has 0 N–H and O–H groups in total. The van der Waals surface area contributed by atoms with Crippen molar-refractivity contribution in [1.29, 1.82) is 0 Å². The lowest BCUT2D eigenvalue weighted by atomic mass is 10.1. The summed E-state index contributed by atoms with van der Waals surface area (Å²) in [5.74, 6) is 0.498. The molecule has 0 unspecified atom stereocenters. The van der Waals surface area contributed by atoms with Crippen LogP contribution >= 0.6 is 11.8 Å². The summed E-state index contributed by atoms with van der Waals surface area (Å²) in [7, 11) is 0. The van der Waals surface area contributed by atoms with Gasteiger partial charge in [0.1, 0.15) is 5.82 Å². The summed E-state index contributed by atoms with van der Waals surface area (Å²) >= 11 is 1.45. The van der Waals surface area contributed by atoms with Crippen molar-refractivity contribution in [2.75, 3.05) is 10.7 Å². The van der Waals surface area contributed by atoms with Crippen molar-refractivity contribution < 1.29 is 13.9 Å². The zero-order valence-corrected chi connectivity index (χ0v) is 16.1. The maximum Gasteiger partial charge on any atom is 0.247 e. The Balaban J connectivity index is 1.93. The van der Waals surface area contributed by atoms with Crippen molar-refractivity contribution in [1.82, 2.24) is 15.2 Å². The topological polar surface area (TPSA) is 68.2 Å². The monoisotopic (exact) mass is 396 g/mol. The molecule has 0 saturated heterocycles. The lowest BCUT2D eigenvalue weighted by Gasteiger charge is -2.29. The number of aromatic nitrogens is 3. The Bertz CT molecular complexity index is 1030. The van der Waals surface area contributed by atoms with Gasteiger partial charge in [-0.2, -0.15) is 4.98 Å². The second kappa shape index (κ2) is 7.55. The molecule has 6 nitrogen and oxygen atoms in total. The van der Waals surface area contributed by atoms with Gasteiger partial charge in [0.2, 0.25) is 23.2 Å². The summed E-state index contributed by atoms with van der Waals surface area (Å²) in [6, 6.07) is 13.2. The Kier molecular flexibility index (Phi) is 4.95. The number of carbonyl (C=O) groups is 1. The van der Waals surface area contributed by atoms with Crippen molar-refractivity contribution >= 4 is 23.4 Å². The van der Waals surface area contributed by atoms with Crippen molar-refractivity contribution in [3.8, 4) is 17.1 Å². The molecule has 3 aromatic rings. The standard InChI is InChI=1S/C20H17FN4O2S/c1-3-28-20-22-18-17(23-24-20)15-6-4-5-7-16(15)25(12(2)26)19(27-18)13-8-10-14(21)11-9-13/h4-11,19H,3H2,1-2H3/t19-/m1/s1. The van der Waals surface area contributed by atoms with Crippen LogP contribution in [0.2, 0.25) is 0 Å². The highest BCUT2D eigenvalue weighted by Crippen LogP contribution is 2.43. The number of benzene rings is 2. The van der Waals surface area contributed by atoms with Crippen LogP contribution in [-0.4, -0.2) is 26.8 Å². The summed E-state index contributed by atoms with van der Waals surface area (Å²) in [6.45, 7) is 3.46. The smallest absolute Gasteiger partial charge is 0.247 e. The number of amides is 1. The summed E-state index contributed by atoms with van der Waals surface area (Å²) in [6.07, 6.45) is -0.809. The van der Waals surface area contributed by atoms with Gasteiger partial charge in [0.25, 0.3) is 0 Å². The van der Waals surface area contributed by atoms with E-state index in [1.54, 1.807) is 12.1 Å². The molecule has 0 aliphatic carbocycles. The van der Waals surface area contributed by atoms with E-state index in [9.17, 15) is 9.18 Å². The van der Waals surface area contributed by atoms with Crippen LogP contribution in [0.5, 0.6) is 5.88 Å². The first-order valence-electron chi connectivity index (χ1n) is 8.77. The van der Waals surface area contributed by atoms with E-state index in [2.05, 4.69) is 15.2 Å². The molecule has 2 aromatic carbocycles. The minimum absolute atomic E-state index is 0.217. The van der Waals surface area contributed by atoms with Crippen molar-refractivity contribution in [3.05, 3.63) is 59.9 Å². The third-order valence-electron chi connectivity index (χ3n) is 4.28. The SMILES string of the molecule is CCSc1nnc2c(n1)O[C@H](c1ccc(F)cc1)N(C(C)=O)c1ccccc1-2. The van der Waals surface area contributed by atoms with Crippen LogP contribution in [0.25, 0.3) is 11.3 Å². The maximum absolute atomic E-state index is 13.5. The Morgan fingerprint density at radius 1 is 1.18 bits per heavy atom. The Morgan fingerprint density at radius 3 is 2.64 bits per heavy atom. The van der Waals surface area contributed by atoms with Crippen LogP contribution in [0.1, 0.15) is 25.6 Å². The van der Waals surface area contributed by atoms with Crippen LogP contribution < -0.4 is 9.64 Å². The van der Waals surface area contributed by atoms with Gasteiger partial charge in [-0.05, 0) is 24.0 Å². The van der Waals surface area contributed by atoms with E-state index in [0.29, 0.717) is 27.7 Å². The summed E-state index contributed by atoms with van der Waals surface area (Å²) in [4.78, 5) is 18.6. The molecule has 142 valence electrons. The molecule has 1 atom stereocenters. The second-order valence-electron chi connectivity index (χ2n) is 6.11. The third-order valence-corrected chi connectivity index (χ3v) is 5.00. The molecule has 0 fully saturated rings. The Morgan fingerprint density at radius 2 is 1.93 bits per heavy atom. The minimum atomic E-state index is -0.809. The van der Waals surface area contributed by atoms with Crippen LogP contribution in [0.4, 0.5) is 10.1 Å². The molecular weight excluding hydrogens is 379 g/mol. The van der Waals surface area contributed by atoms with Gasteiger partial charge in [-0.3, -0.25) is 9.69 Å². The molecule has 0 radical (unpaired) electrons. The van der Waals surface area contributed by atoms with E-state index >= 15 is 0 Å². The van der Waals surface area contributed by atoms with Crippen molar-refractivity contribution in [3.63, 3.8) is 0 Å². The number of fused-ring (bicyclic) bond motifs is 3. The number of para-hydroxylation sites is 1. The van der Waals surface area contributed by atoms with Crippen LogP contribution in [-0.2, 0) is 4.79 Å². The quantitative estimate of drug-likeness (QED) is 0.617. The zero-order chi connectivity index (χ0) is 19.7. The zero-order valence-electron chi connectivity index (χ0n) is 15.3. The summed E-state index contributed by atoms with van der Waals surface area (Å²) in [5.41, 5.74) is 2.43. The number of nitrogens with zero attached hydrogens (tertiary/aromatic N) is 4. The molecule has 1 aliphatic rings. The number of carbonyl (C=O) groups excluding carboxylic acids is 1. The third kappa shape index (κ3) is 3.31. The van der Waals surface area contributed by atoms with E-state index in [4.69, 9.17) is 4.74 Å². The molecule has 1 aliphatic heterocycles. The molecule has 0 bridgehead atoms. The normalized spacial score (nSPS) is 15.2. The van der Waals surface area contributed by atoms with Gasteiger partial charge in [-0.15, -0.1) is 10.2 Å². The fraction of sp³-hybridized carbons (Fsp3) is 0.200.